The number of hydrogen-bond acceptors (Lipinski definition) is 3. The molecule has 0 fully saturated rings. The Kier molecular flexibility index (Phi) is 8.50. The first kappa shape index (κ1) is 26.6. The van der Waals surface area contributed by atoms with E-state index in [0.29, 0.717) is 18.8 Å². The monoisotopic (exact) mass is 454 g/mol. The topological polar surface area (TPSA) is 67.2 Å². The number of amides is 2. The molecule has 0 aliphatic carbocycles. The number of anilines is 1. The number of benzene rings is 1. The molecule has 0 spiro atoms. The molecule has 6 nitrogen and oxygen atoms in total. The van der Waals surface area contributed by atoms with Gasteiger partial charge in [-0.05, 0) is 38.7 Å². The van der Waals surface area contributed by atoms with Crippen LogP contribution in [0.5, 0.6) is 0 Å². The second kappa shape index (κ2) is 10.5. The minimum absolute atomic E-state index is 0.00717. The van der Waals surface area contributed by atoms with Crippen molar-refractivity contribution in [3.63, 3.8) is 0 Å². The molecule has 0 aliphatic rings. The van der Waals surface area contributed by atoms with Crippen molar-refractivity contribution in [1.29, 1.82) is 0 Å². The van der Waals surface area contributed by atoms with Crippen molar-refractivity contribution in [2.45, 2.75) is 85.6 Å². The summed E-state index contributed by atoms with van der Waals surface area (Å²) in [5.74, 6) is 0.433. The molecule has 2 rings (SSSR count). The van der Waals surface area contributed by atoms with Crippen LogP contribution in [0.1, 0.15) is 85.9 Å². The van der Waals surface area contributed by atoms with E-state index in [2.05, 4.69) is 60.7 Å². The number of nitrogens with one attached hydrogen (secondary N) is 1. The van der Waals surface area contributed by atoms with Gasteiger partial charge in [0.25, 0.3) is 0 Å². The molecule has 0 aliphatic heterocycles. The molecule has 1 aromatic heterocycles. The fraction of sp³-hybridized carbons (Fsp3) is 0.593. The molecule has 1 atom stereocenters. The van der Waals surface area contributed by atoms with Crippen LogP contribution in [-0.4, -0.2) is 39.6 Å². The van der Waals surface area contributed by atoms with Gasteiger partial charge < -0.3 is 10.2 Å². The minimum Gasteiger partial charge on any atom is -0.333 e. The van der Waals surface area contributed by atoms with E-state index in [1.807, 2.05) is 48.0 Å². The summed E-state index contributed by atoms with van der Waals surface area (Å²) < 4.78 is 1.86. The maximum atomic E-state index is 13.5. The van der Waals surface area contributed by atoms with Crippen molar-refractivity contribution in [1.82, 2.24) is 14.7 Å². The molecule has 2 aromatic rings. The van der Waals surface area contributed by atoms with E-state index in [0.717, 1.165) is 11.3 Å². The zero-order chi connectivity index (χ0) is 25.0. The lowest BCUT2D eigenvalue weighted by atomic mass is 9.92. The lowest BCUT2D eigenvalue weighted by Gasteiger charge is -2.28. The number of carbonyl (C=O) groups is 2. The van der Waals surface area contributed by atoms with E-state index < -0.39 is 0 Å². The van der Waals surface area contributed by atoms with Crippen LogP contribution in [0.3, 0.4) is 0 Å². The van der Waals surface area contributed by atoms with Crippen LogP contribution in [0.2, 0.25) is 0 Å². The zero-order valence-corrected chi connectivity index (χ0v) is 21.9. The largest absolute Gasteiger partial charge is 0.333 e. The Hall–Kier alpha value is -2.63. The molecule has 33 heavy (non-hydrogen) atoms. The molecule has 0 radical (unpaired) electrons. The fourth-order valence-electron chi connectivity index (χ4n) is 3.84. The van der Waals surface area contributed by atoms with Crippen LogP contribution in [0, 0.1) is 5.92 Å². The van der Waals surface area contributed by atoms with E-state index in [1.54, 1.807) is 4.90 Å². The summed E-state index contributed by atoms with van der Waals surface area (Å²) >= 11 is 0. The Morgan fingerprint density at radius 1 is 1.06 bits per heavy atom. The first-order valence-electron chi connectivity index (χ1n) is 12.0. The third-order valence-electron chi connectivity index (χ3n) is 5.52. The Morgan fingerprint density at radius 2 is 1.67 bits per heavy atom. The van der Waals surface area contributed by atoms with E-state index >= 15 is 0 Å². The van der Waals surface area contributed by atoms with Crippen LogP contribution in [0.15, 0.2) is 36.4 Å². The Balaban J connectivity index is 2.27. The minimum atomic E-state index is -0.292. The average molecular weight is 455 g/mol. The maximum absolute atomic E-state index is 13.5. The molecule has 6 heteroatoms. The zero-order valence-electron chi connectivity index (χ0n) is 21.9. The maximum Gasteiger partial charge on any atom is 0.245 e. The summed E-state index contributed by atoms with van der Waals surface area (Å²) in [6, 6.07) is 11.8. The summed E-state index contributed by atoms with van der Waals surface area (Å²) in [6.07, 6.45) is 0.685. The summed E-state index contributed by atoms with van der Waals surface area (Å²) in [6.45, 7) is 19.2. The third kappa shape index (κ3) is 7.18. The summed E-state index contributed by atoms with van der Waals surface area (Å²) in [5, 5.41) is 7.80. The molecule has 0 saturated heterocycles. The number of aromatic nitrogens is 2. The SMILES string of the molecule is CCC(C(=O)N(CC(=O)Nc1cc(C(C)(C)C)nn1C(C)(C)C)CC(C)C)c1ccccc1. The lowest BCUT2D eigenvalue weighted by Crippen LogP contribution is -2.43. The van der Waals surface area contributed by atoms with Gasteiger partial charge in [-0.3, -0.25) is 9.59 Å². The number of nitrogens with zero attached hydrogens (tertiary/aromatic N) is 3. The van der Waals surface area contributed by atoms with Gasteiger partial charge in [-0.15, -0.1) is 0 Å². The first-order chi connectivity index (χ1) is 15.2. The predicted octanol–water partition coefficient (Wildman–Crippen LogP) is 5.55. The van der Waals surface area contributed by atoms with Crippen molar-refractivity contribution < 1.29 is 9.59 Å². The highest BCUT2D eigenvalue weighted by atomic mass is 16.2. The van der Waals surface area contributed by atoms with Gasteiger partial charge in [0.15, 0.2) is 0 Å². The van der Waals surface area contributed by atoms with Gasteiger partial charge in [0.2, 0.25) is 11.8 Å². The predicted molar refractivity (Wildman–Crippen MR) is 135 cm³/mol. The van der Waals surface area contributed by atoms with Crippen LogP contribution in [-0.2, 0) is 20.5 Å². The van der Waals surface area contributed by atoms with Gasteiger partial charge in [-0.2, -0.15) is 5.10 Å². The Morgan fingerprint density at radius 3 is 2.15 bits per heavy atom. The molecular weight excluding hydrogens is 412 g/mol. The van der Waals surface area contributed by atoms with Crippen LogP contribution < -0.4 is 5.32 Å². The van der Waals surface area contributed by atoms with Gasteiger partial charge in [-0.25, -0.2) is 4.68 Å². The van der Waals surface area contributed by atoms with Crippen molar-refractivity contribution >= 4 is 17.6 Å². The Bertz CT molecular complexity index is 933. The number of carbonyl (C=O) groups excluding carboxylic acids is 2. The summed E-state index contributed by atoms with van der Waals surface area (Å²) in [5.41, 5.74) is 1.47. The molecule has 2 amide bonds. The standard InChI is InChI=1S/C27H42N4O2/c1-10-21(20-14-12-11-13-15-20)25(33)30(17-19(2)3)18-24(32)28-23-16-22(26(4,5)6)29-31(23)27(7,8)9/h11-16,19,21H,10,17-18H2,1-9H3,(H,28,32). The second-order valence-corrected chi connectivity index (χ2v) is 11.3. The van der Waals surface area contributed by atoms with Crippen molar-refractivity contribution in [3.8, 4) is 0 Å². The fourth-order valence-corrected chi connectivity index (χ4v) is 3.84. The quantitative estimate of drug-likeness (QED) is 0.568. The molecular formula is C27H42N4O2. The molecule has 182 valence electrons. The van der Waals surface area contributed by atoms with Crippen LogP contribution in [0.4, 0.5) is 5.82 Å². The molecule has 1 aromatic carbocycles. The van der Waals surface area contributed by atoms with Gasteiger partial charge >= 0.3 is 0 Å². The smallest absolute Gasteiger partial charge is 0.245 e. The van der Waals surface area contributed by atoms with E-state index in [1.165, 1.54) is 0 Å². The van der Waals surface area contributed by atoms with Crippen LogP contribution in [0.25, 0.3) is 0 Å². The van der Waals surface area contributed by atoms with Crippen molar-refractivity contribution in [3.05, 3.63) is 47.7 Å². The Labute approximate surface area is 199 Å². The average Bonchev–Trinajstić information content (AvgIpc) is 3.13. The van der Waals surface area contributed by atoms with E-state index in [-0.39, 0.29) is 41.1 Å². The second-order valence-electron chi connectivity index (χ2n) is 11.3. The normalized spacial score (nSPS) is 13.2. The summed E-state index contributed by atoms with van der Waals surface area (Å²) in [7, 11) is 0. The highest BCUT2D eigenvalue weighted by Crippen LogP contribution is 2.28. The highest BCUT2D eigenvalue weighted by Gasteiger charge is 2.29. The van der Waals surface area contributed by atoms with E-state index in [9.17, 15) is 9.59 Å². The number of hydrogen-bond donors (Lipinski definition) is 1. The molecule has 0 bridgehead atoms. The highest BCUT2D eigenvalue weighted by molar-refractivity contribution is 5.95. The number of rotatable bonds is 8. The molecule has 1 N–H and O–H groups in total. The molecule has 1 unspecified atom stereocenters. The van der Waals surface area contributed by atoms with Gasteiger partial charge in [0.05, 0.1) is 23.7 Å². The van der Waals surface area contributed by atoms with Crippen LogP contribution >= 0.6 is 0 Å². The molecule has 0 saturated carbocycles. The van der Waals surface area contributed by atoms with Gasteiger partial charge in [0.1, 0.15) is 5.82 Å². The lowest BCUT2D eigenvalue weighted by molar-refractivity contribution is -0.136. The van der Waals surface area contributed by atoms with Crippen molar-refractivity contribution in [2.24, 2.45) is 5.92 Å². The third-order valence-corrected chi connectivity index (χ3v) is 5.52. The first-order valence-corrected chi connectivity index (χ1v) is 12.0. The van der Waals surface area contributed by atoms with Gasteiger partial charge in [-0.1, -0.05) is 71.9 Å². The summed E-state index contributed by atoms with van der Waals surface area (Å²) in [4.78, 5) is 28.3. The molecule has 1 heterocycles. The van der Waals surface area contributed by atoms with Gasteiger partial charge in [0, 0.05) is 18.0 Å². The van der Waals surface area contributed by atoms with Crippen molar-refractivity contribution in [2.75, 3.05) is 18.4 Å². The van der Waals surface area contributed by atoms with E-state index in [4.69, 9.17) is 5.10 Å².